The molecule has 1 fully saturated rings. The summed E-state index contributed by atoms with van der Waals surface area (Å²) in [4.78, 5) is 23.7. The standard InChI is InChI=1S/C15H19ClN2O3/c1-9-6-10(2)13(12(16)7-9)18-15(20)14(19)17-8-11-4-3-5-21-11/h6-7,11H,3-5,8H2,1-2H3,(H,17,19)(H,18,20). The summed E-state index contributed by atoms with van der Waals surface area (Å²) in [6.45, 7) is 4.81. The van der Waals surface area contributed by atoms with Gasteiger partial charge in [-0.2, -0.15) is 0 Å². The van der Waals surface area contributed by atoms with Gasteiger partial charge >= 0.3 is 11.8 Å². The summed E-state index contributed by atoms with van der Waals surface area (Å²) in [5, 5.41) is 5.56. The maximum absolute atomic E-state index is 11.9. The van der Waals surface area contributed by atoms with Crippen LogP contribution in [0.1, 0.15) is 24.0 Å². The predicted molar refractivity (Wildman–Crippen MR) is 81.5 cm³/mol. The monoisotopic (exact) mass is 310 g/mol. The SMILES string of the molecule is Cc1cc(C)c(NC(=O)C(=O)NCC2CCCO2)c(Cl)c1. The molecule has 0 bridgehead atoms. The van der Waals surface area contributed by atoms with Crippen LogP contribution in [0.5, 0.6) is 0 Å². The van der Waals surface area contributed by atoms with Gasteiger partial charge in [0, 0.05) is 13.2 Å². The first-order valence-corrected chi connectivity index (χ1v) is 7.32. The van der Waals surface area contributed by atoms with Gasteiger partial charge < -0.3 is 15.4 Å². The summed E-state index contributed by atoms with van der Waals surface area (Å²) < 4.78 is 5.39. The van der Waals surface area contributed by atoms with Crippen molar-refractivity contribution >= 4 is 29.1 Å². The highest BCUT2D eigenvalue weighted by Gasteiger charge is 2.20. The summed E-state index contributed by atoms with van der Waals surface area (Å²) in [7, 11) is 0. The van der Waals surface area contributed by atoms with Crippen LogP contribution in [0.15, 0.2) is 12.1 Å². The fourth-order valence-corrected chi connectivity index (χ4v) is 2.70. The molecule has 2 amide bonds. The smallest absolute Gasteiger partial charge is 0.313 e. The van der Waals surface area contributed by atoms with Crippen LogP contribution in [0.3, 0.4) is 0 Å². The number of anilines is 1. The van der Waals surface area contributed by atoms with Crippen molar-refractivity contribution in [2.45, 2.75) is 32.8 Å². The first kappa shape index (κ1) is 15.8. The molecule has 1 saturated heterocycles. The molecule has 2 N–H and O–H groups in total. The third-order valence-corrected chi connectivity index (χ3v) is 3.69. The van der Waals surface area contributed by atoms with Crippen molar-refractivity contribution in [3.63, 3.8) is 0 Å². The Labute approximate surface area is 129 Å². The van der Waals surface area contributed by atoms with Crippen molar-refractivity contribution in [2.75, 3.05) is 18.5 Å². The largest absolute Gasteiger partial charge is 0.376 e. The van der Waals surface area contributed by atoms with Crippen molar-refractivity contribution in [1.82, 2.24) is 5.32 Å². The zero-order valence-corrected chi connectivity index (χ0v) is 12.9. The number of hydrogen-bond acceptors (Lipinski definition) is 3. The second-order valence-electron chi connectivity index (χ2n) is 5.24. The van der Waals surface area contributed by atoms with Crippen molar-refractivity contribution in [1.29, 1.82) is 0 Å². The van der Waals surface area contributed by atoms with E-state index in [0.717, 1.165) is 24.0 Å². The molecule has 1 aliphatic rings. The van der Waals surface area contributed by atoms with E-state index in [0.29, 0.717) is 23.9 Å². The molecule has 21 heavy (non-hydrogen) atoms. The topological polar surface area (TPSA) is 67.4 Å². The number of carbonyl (C=O) groups is 2. The minimum Gasteiger partial charge on any atom is -0.376 e. The van der Waals surface area contributed by atoms with E-state index in [-0.39, 0.29) is 6.10 Å². The molecule has 1 heterocycles. The zero-order chi connectivity index (χ0) is 15.4. The lowest BCUT2D eigenvalue weighted by Crippen LogP contribution is -2.39. The van der Waals surface area contributed by atoms with Crippen molar-refractivity contribution in [2.24, 2.45) is 0 Å². The summed E-state index contributed by atoms with van der Waals surface area (Å²) in [6, 6.07) is 3.64. The quantitative estimate of drug-likeness (QED) is 0.841. The average Bonchev–Trinajstić information content (AvgIpc) is 2.93. The van der Waals surface area contributed by atoms with Crippen LogP contribution in [0.4, 0.5) is 5.69 Å². The molecular formula is C15H19ClN2O3. The highest BCUT2D eigenvalue weighted by molar-refractivity contribution is 6.41. The minimum absolute atomic E-state index is 0.00597. The van der Waals surface area contributed by atoms with Gasteiger partial charge in [0.05, 0.1) is 16.8 Å². The van der Waals surface area contributed by atoms with Crippen molar-refractivity contribution in [3.8, 4) is 0 Å². The van der Waals surface area contributed by atoms with Crippen molar-refractivity contribution in [3.05, 3.63) is 28.3 Å². The van der Waals surface area contributed by atoms with E-state index in [1.54, 1.807) is 6.07 Å². The number of ether oxygens (including phenoxy) is 1. The molecule has 6 heteroatoms. The molecule has 0 aliphatic carbocycles. The second-order valence-corrected chi connectivity index (χ2v) is 5.65. The van der Waals surface area contributed by atoms with Gasteiger partial charge in [0.15, 0.2) is 0 Å². The van der Waals surface area contributed by atoms with Crippen LogP contribution in [-0.2, 0) is 14.3 Å². The Kier molecular flexibility index (Phi) is 5.20. The van der Waals surface area contributed by atoms with Gasteiger partial charge in [0.1, 0.15) is 0 Å². The summed E-state index contributed by atoms with van der Waals surface area (Å²) in [6.07, 6.45) is 1.90. The summed E-state index contributed by atoms with van der Waals surface area (Å²) in [5.74, 6) is -1.40. The van der Waals surface area contributed by atoms with E-state index in [4.69, 9.17) is 16.3 Å². The second kappa shape index (κ2) is 6.91. The fourth-order valence-electron chi connectivity index (χ4n) is 2.34. The van der Waals surface area contributed by atoms with Crippen LogP contribution in [0, 0.1) is 13.8 Å². The minimum atomic E-state index is -0.721. The summed E-state index contributed by atoms with van der Waals surface area (Å²) >= 11 is 6.10. The lowest BCUT2D eigenvalue weighted by Gasteiger charge is -2.13. The molecule has 1 aromatic rings. The number of rotatable bonds is 3. The number of halogens is 1. The van der Waals surface area contributed by atoms with Gasteiger partial charge in [-0.15, -0.1) is 0 Å². The van der Waals surface area contributed by atoms with Crippen LogP contribution >= 0.6 is 11.6 Å². The number of amides is 2. The Morgan fingerprint density at radius 1 is 1.33 bits per heavy atom. The first-order chi connectivity index (χ1) is 9.97. The van der Waals surface area contributed by atoms with E-state index in [1.165, 1.54) is 0 Å². The molecule has 2 rings (SSSR count). The van der Waals surface area contributed by atoms with E-state index in [9.17, 15) is 9.59 Å². The van der Waals surface area contributed by atoms with Crippen LogP contribution in [0.2, 0.25) is 5.02 Å². The van der Waals surface area contributed by atoms with E-state index < -0.39 is 11.8 Å². The lowest BCUT2D eigenvalue weighted by molar-refractivity contribution is -0.136. The fraction of sp³-hybridized carbons (Fsp3) is 0.467. The number of hydrogen-bond donors (Lipinski definition) is 2. The molecule has 1 aliphatic heterocycles. The number of nitrogens with one attached hydrogen (secondary N) is 2. The number of aryl methyl sites for hydroxylation is 2. The Bertz CT molecular complexity index is 531. The van der Waals surface area contributed by atoms with Crippen LogP contribution in [0.25, 0.3) is 0 Å². The third-order valence-electron chi connectivity index (χ3n) is 3.39. The average molecular weight is 311 g/mol. The molecule has 0 spiro atoms. The predicted octanol–water partition coefficient (Wildman–Crippen LogP) is 2.19. The van der Waals surface area contributed by atoms with E-state index in [1.807, 2.05) is 19.9 Å². The molecule has 0 aromatic heterocycles. The van der Waals surface area contributed by atoms with Gasteiger partial charge in [-0.3, -0.25) is 9.59 Å². The molecule has 1 atom stereocenters. The normalized spacial score (nSPS) is 17.6. The van der Waals surface area contributed by atoms with Gasteiger partial charge in [-0.05, 0) is 43.9 Å². The Morgan fingerprint density at radius 2 is 2.10 bits per heavy atom. The number of carbonyl (C=O) groups excluding carboxylic acids is 2. The van der Waals surface area contributed by atoms with Gasteiger partial charge in [-0.1, -0.05) is 17.7 Å². The highest BCUT2D eigenvalue weighted by atomic mass is 35.5. The van der Waals surface area contributed by atoms with Crippen LogP contribution in [-0.4, -0.2) is 31.1 Å². The van der Waals surface area contributed by atoms with Gasteiger partial charge in [0.25, 0.3) is 0 Å². The Morgan fingerprint density at radius 3 is 2.71 bits per heavy atom. The maximum Gasteiger partial charge on any atom is 0.313 e. The lowest BCUT2D eigenvalue weighted by atomic mass is 10.1. The molecule has 1 aromatic carbocycles. The Balaban J connectivity index is 1.92. The van der Waals surface area contributed by atoms with Crippen molar-refractivity contribution < 1.29 is 14.3 Å². The molecule has 1 unspecified atom stereocenters. The van der Waals surface area contributed by atoms with Gasteiger partial charge in [0.2, 0.25) is 0 Å². The Hall–Kier alpha value is -1.59. The highest BCUT2D eigenvalue weighted by Crippen LogP contribution is 2.27. The van der Waals surface area contributed by atoms with E-state index >= 15 is 0 Å². The van der Waals surface area contributed by atoms with Crippen LogP contribution < -0.4 is 10.6 Å². The van der Waals surface area contributed by atoms with E-state index in [2.05, 4.69) is 10.6 Å². The summed E-state index contributed by atoms with van der Waals surface area (Å²) in [5.41, 5.74) is 2.29. The molecule has 0 radical (unpaired) electrons. The number of benzene rings is 1. The molecule has 114 valence electrons. The third kappa shape index (κ3) is 4.19. The zero-order valence-electron chi connectivity index (χ0n) is 12.2. The van der Waals surface area contributed by atoms with Gasteiger partial charge in [-0.25, -0.2) is 0 Å². The first-order valence-electron chi connectivity index (χ1n) is 6.95. The molecular weight excluding hydrogens is 292 g/mol. The maximum atomic E-state index is 11.9. The molecule has 5 nitrogen and oxygen atoms in total. The molecule has 0 saturated carbocycles.